The molecule has 5 heteroatoms. The molecule has 2 rings (SSSR count). The molecule has 0 saturated carbocycles. The van der Waals surface area contributed by atoms with Crippen molar-refractivity contribution in [3.05, 3.63) is 34.2 Å². The van der Waals surface area contributed by atoms with Gasteiger partial charge in [-0.15, -0.1) is 0 Å². The molecular weight excluding hydrogens is 242 g/mol. The second-order valence-corrected chi connectivity index (χ2v) is 5.20. The molecule has 1 aromatic carbocycles. The molecule has 0 radical (unpaired) electrons. The van der Waals surface area contributed by atoms with Gasteiger partial charge in [-0.05, 0) is 36.6 Å². The SMILES string of the molecule is CC(C)C(CO)NCCc1ccc2[nH]c(=O)[nH]c2c1. The lowest BCUT2D eigenvalue weighted by Gasteiger charge is -2.19. The number of rotatable bonds is 6. The summed E-state index contributed by atoms with van der Waals surface area (Å²) in [6.45, 7) is 5.14. The number of hydrogen-bond donors (Lipinski definition) is 4. The predicted octanol–water partition coefficient (Wildman–Crippen LogP) is 1.01. The van der Waals surface area contributed by atoms with E-state index in [2.05, 4.69) is 29.1 Å². The Morgan fingerprint density at radius 1 is 1.26 bits per heavy atom. The van der Waals surface area contributed by atoms with Crippen LogP contribution in [-0.2, 0) is 6.42 Å². The lowest BCUT2D eigenvalue weighted by molar-refractivity contribution is 0.212. The maximum atomic E-state index is 11.2. The Hall–Kier alpha value is -1.59. The van der Waals surface area contributed by atoms with E-state index in [-0.39, 0.29) is 18.3 Å². The second-order valence-electron chi connectivity index (χ2n) is 5.20. The minimum atomic E-state index is -0.176. The van der Waals surface area contributed by atoms with Crippen LogP contribution in [-0.4, -0.2) is 34.3 Å². The van der Waals surface area contributed by atoms with E-state index in [0.717, 1.165) is 29.6 Å². The third-order valence-corrected chi connectivity index (χ3v) is 3.40. The van der Waals surface area contributed by atoms with Gasteiger partial charge < -0.3 is 20.4 Å². The smallest absolute Gasteiger partial charge is 0.323 e. The molecule has 1 atom stereocenters. The normalized spacial score (nSPS) is 13.3. The average Bonchev–Trinajstić information content (AvgIpc) is 2.73. The van der Waals surface area contributed by atoms with E-state index >= 15 is 0 Å². The number of hydrogen-bond acceptors (Lipinski definition) is 3. The van der Waals surface area contributed by atoms with Crippen LogP contribution < -0.4 is 11.0 Å². The van der Waals surface area contributed by atoms with Gasteiger partial charge in [-0.2, -0.15) is 0 Å². The van der Waals surface area contributed by atoms with E-state index in [4.69, 9.17) is 0 Å². The molecule has 0 spiro atoms. The fraction of sp³-hybridized carbons (Fsp3) is 0.500. The summed E-state index contributed by atoms with van der Waals surface area (Å²) in [5, 5.41) is 12.6. The molecule has 104 valence electrons. The van der Waals surface area contributed by atoms with Crippen LogP contribution in [0.4, 0.5) is 0 Å². The zero-order valence-corrected chi connectivity index (χ0v) is 11.4. The van der Waals surface area contributed by atoms with Crippen LogP contribution >= 0.6 is 0 Å². The summed E-state index contributed by atoms with van der Waals surface area (Å²) in [5.41, 5.74) is 2.66. The van der Waals surface area contributed by atoms with Gasteiger partial charge >= 0.3 is 5.69 Å². The lowest BCUT2D eigenvalue weighted by Crippen LogP contribution is -2.38. The first-order chi connectivity index (χ1) is 9.10. The molecular formula is C14H21N3O2. The van der Waals surface area contributed by atoms with E-state index in [1.165, 1.54) is 0 Å². The summed E-state index contributed by atoms with van der Waals surface area (Å²) in [5.74, 6) is 0.411. The van der Waals surface area contributed by atoms with E-state index in [1.54, 1.807) is 0 Å². The van der Waals surface area contributed by atoms with Crippen molar-refractivity contribution in [3.63, 3.8) is 0 Å². The van der Waals surface area contributed by atoms with E-state index in [1.807, 2.05) is 18.2 Å². The first kappa shape index (κ1) is 13.8. The fourth-order valence-electron chi connectivity index (χ4n) is 2.15. The molecule has 0 bridgehead atoms. The van der Waals surface area contributed by atoms with E-state index in [0.29, 0.717) is 5.92 Å². The second kappa shape index (κ2) is 6.04. The van der Waals surface area contributed by atoms with Gasteiger partial charge in [-0.1, -0.05) is 19.9 Å². The number of benzene rings is 1. The summed E-state index contributed by atoms with van der Waals surface area (Å²) in [4.78, 5) is 16.6. The molecule has 1 aromatic heterocycles. The van der Waals surface area contributed by atoms with E-state index < -0.39 is 0 Å². The number of imidazole rings is 1. The van der Waals surface area contributed by atoms with Gasteiger partial charge in [-0.25, -0.2) is 4.79 Å². The molecule has 0 fully saturated rings. The highest BCUT2D eigenvalue weighted by molar-refractivity contribution is 5.74. The Kier molecular flexibility index (Phi) is 4.39. The third kappa shape index (κ3) is 3.45. The zero-order valence-electron chi connectivity index (χ0n) is 11.4. The topological polar surface area (TPSA) is 80.9 Å². The molecule has 4 N–H and O–H groups in total. The van der Waals surface area contributed by atoms with Crippen molar-refractivity contribution in [1.29, 1.82) is 0 Å². The zero-order chi connectivity index (χ0) is 13.8. The van der Waals surface area contributed by atoms with Crippen LogP contribution in [0.1, 0.15) is 19.4 Å². The molecule has 0 aliphatic heterocycles. The summed E-state index contributed by atoms with van der Waals surface area (Å²) in [6.07, 6.45) is 0.867. The first-order valence-electron chi connectivity index (χ1n) is 6.65. The quantitative estimate of drug-likeness (QED) is 0.628. The number of aliphatic hydroxyl groups excluding tert-OH is 1. The predicted molar refractivity (Wildman–Crippen MR) is 76.3 cm³/mol. The van der Waals surface area contributed by atoms with Crippen LogP contribution in [0.5, 0.6) is 0 Å². The highest BCUT2D eigenvalue weighted by atomic mass is 16.3. The molecule has 2 aromatic rings. The third-order valence-electron chi connectivity index (χ3n) is 3.40. The number of aromatic nitrogens is 2. The van der Waals surface area contributed by atoms with Crippen molar-refractivity contribution in [2.75, 3.05) is 13.2 Å². The van der Waals surface area contributed by atoms with Crippen molar-refractivity contribution in [2.45, 2.75) is 26.3 Å². The Labute approximate surface area is 112 Å². The van der Waals surface area contributed by atoms with Gasteiger partial charge in [0.05, 0.1) is 17.6 Å². The molecule has 19 heavy (non-hydrogen) atoms. The standard InChI is InChI=1S/C14H21N3O2/c1-9(2)13(8-18)15-6-5-10-3-4-11-12(7-10)17-14(19)16-11/h3-4,7,9,13,15,18H,5-6,8H2,1-2H3,(H2,16,17,19). The van der Waals surface area contributed by atoms with Crippen LogP contribution in [0.2, 0.25) is 0 Å². The van der Waals surface area contributed by atoms with Gasteiger partial charge in [0.25, 0.3) is 0 Å². The van der Waals surface area contributed by atoms with Gasteiger partial charge in [0.2, 0.25) is 0 Å². The molecule has 1 heterocycles. The Morgan fingerprint density at radius 2 is 2.00 bits per heavy atom. The molecule has 0 aliphatic rings. The van der Waals surface area contributed by atoms with E-state index in [9.17, 15) is 9.90 Å². The van der Waals surface area contributed by atoms with Crippen molar-refractivity contribution >= 4 is 11.0 Å². The van der Waals surface area contributed by atoms with Crippen LogP contribution in [0.25, 0.3) is 11.0 Å². The summed E-state index contributed by atoms with van der Waals surface area (Å²) < 4.78 is 0. The molecule has 1 unspecified atom stereocenters. The number of aromatic amines is 2. The number of H-pyrrole nitrogens is 2. The van der Waals surface area contributed by atoms with Gasteiger partial charge in [0.15, 0.2) is 0 Å². The van der Waals surface area contributed by atoms with Crippen molar-refractivity contribution < 1.29 is 5.11 Å². The largest absolute Gasteiger partial charge is 0.395 e. The highest BCUT2D eigenvalue weighted by Crippen LogP contribution is 2.10. The van der Waals surface area contributed by atoms with Gasteiger partial charge in [0, 0.05) is 6.04 Å². The maximum absolute atomic E-state index is 11.2. The first-order valence-corrected chi connectivity index (χ1v) is 6.65. The number of aliphatic hydroxyl groups is 1. The monoisotopic (exact) mass is 263 g/mol. The number of nitrogens with one attached hydrogen (secondary N) is 3. The lowest BCUT2D eigenvalue weighted by atomic mass is 10.0. The molecule has 0 saturated heterocycles. The van der Waals surface area contributed by atoms with Crippen LogP contribution in [0.3, 0.4) is 0 Å². The molecule has 0 amide bonds. The van der Waals surface area contributed by atoms with Crippen LogP contribution in [0.15, 0.2) is 23.0 Å². The maximum Gasteiger partial charge on any atom is 0.323 e. The summed E-state index contributed by atoms with van der Waals surface area (Å²) in [6, 6.07) is 6.04. The summed E-state index contributed by atoms with van der Waals surface area (Å²) >= 11 is 0. The Balaban J connectivity index is 1.96. The Bertz CT molecular complexity index is 586. The fourth-order valence-corrected chi connectivity index (χ4v) is 2.15. The minimum Gasteiger partial charge on any atom is -0.395 e. The average molecular weight is 263 g/mol. The van der Waals surface area contributed by atoms with Crippen LogP contribution in [0, 0.1) is 5.92 Å². The highest BCUT2D eigenvalue weighted by Gasteiger charge is 2.10. The van der Waals surface area contributed by atoms with Crippen molar-refractivity contribution in [3.8, 4) is 0 Å². The van der Waals surface area contributed by atoms with Gasteiger partial charge in [-0.3, -0.25) is 0 Å². The molecule has 5 nitrogen and oxygen atoms in total. The Morgan fingerprint density at radius 3 is 2.68 bits per heavy atom. The van der Waals surface area contributed by atoms with Crippen molar-refractivity contribution in [2.24, 2.45) is 5.92 Å². The summed E-state index contributed by atoms with van der Waals surface area (Å²) in [7, 11) is 0. The number of fused-ring (bicyclic) bond motifs is 1. The minimum absolute atomic E-state index is 0.135. The van der Waals surface area contributed by atoms with Crippen molar-refractivity contribution in [1.82, 2.24) is 15.3 Å². The molecule has 0 aliphatic carbocycles. The van der Waals surface area contributed by atoms with Gasteiger partial charge in [0.1, 0.15) is 0 Å².